The minimum absolute atomic E-state index is 0.193. The number of rotatable bonds is 7. The molecule has 4 N–H and O–H groups in total. The van der Waals surface area contributed by atoms with Gasteiger partial charge in [-0.15, -0.1) is 0 Å². The molecule has 0 aliphatic heterocycles. The molecular weight excluding hydrogens is 286 g/mol. The Hall–Kier alpha value is -1.79. The number of unbranched alkanes of at least 4 members (excludes halogenated alkanes) is 1. The van der Waals surface area contributed by atoms with Gasteiger partial charge in [-0.3, -0.25) is 4.72 Å². The number of sulfonamides is 1. The number of hydrogen-bond acceptors (Lipinski definition) is 3. The summed E-state index contributed by atoms with van der Waals surface area (Å²) in [4.78, 5) is 3.03. The van der Waals surface area contributed by atoms with Crippen molar-refractivity contribution in [1.29, 1.82) is 0 Å². The van der Waals surface area contributed by atoms with E-state index in [0.29, 0.717) is 11.4 Å². The van der Waals surface area contributed by atoms with Crippen molar-refractivity contribution in [2.24, 2.45) is 5.73 Å². The summed E-state index contributed by atoms with van der Waals surface area (Å²) in [6.45, 7) is 2.43. The highest BCUT2D eigenvalue weighted by Gasteiger charge is 2.15. The summed E-state index contributed by atoms with van der Waals surface area (Å²) in [5.41, 5.74) is 7.93. The lowest BCUT2D eigenvalue weighted by atomic mass is 10.1. The van der Waals surface area contributed by atoms with Crippen LogP contribution >= 0.6 is 0 Å². The molecule has 0 bridgehead atoms. The van der Waals surface area contributed by atoms with Crippen molar-refractivity contribution >= 4 is 15.7 Å². The summed E-state index contributed by atoms with van der Waals surface area (Å²) in [7, 11) is -3.57. The van der Waals surface area contributed by atoms with E-state index < -0.39 is 10.0 Å². The van der Waals surface area contributed by atoms with Crippen molar-refractivity contribution in [2.45, 2.75) is 37.6 Å². The second-order valence-electron chi connectivity index (χ2n) is 4.97. The van der Waals surface area contributed by atoms with E-state index in [4.69, 9.17) is 5.73 Å². The predicted octanol–water partition coefficient (Wildman–Crippen LogP) is 2.62. The Morgan fingerprint density at radius 1 is 1.24 bits per heavy atom. The maximum atomic E-state index is 12.2. The molecule has 0 atom stereocenters. The van der Waals surface area contributed by atoms with E-state index in [2.05, 4.69) is 16.6 Å². The molecule has 6 heteroatoms. The number of benzene rings is 1. The van der Waals surface area contributed by atoms with Crippen LogP contribution in [-0.4, -0.2) is 13.4 Å². The molecule has 0 saturated carbocycles. The minimum atomic E-state index is -3.57. The first-order valence-electron chi connectivity index (χ1n) is 7.04. The van der Waals surface area contributed by atoms with Gasteiger partial charge in [0.2, 0.25) is 0 Å². The first kappa shape index (κ1) is 15.6. The number of aromatic nitrogens is 1. The Bertz CT molecular complexity index is 675. The van der Waals surface area contributed by atoms with Crippen molar-refractivity contribution in [3.05, 3.63) is 47.8 Å². The van der Waals surface area contributed by atoms with Crippen molar-refractivity contribution < 1.29 is 8.42 Å². The Labute approximate surface area is 125 Å². The molecule has 0 spiro atoms. The van der Waals surface area contributed by atoms with Gasteiger partial charge >= 0.3 is 0 Å². The molecule has 0 unspecified atom stereocenters. The van der Waals surface area contributed by atoms with Crippen molar-refractivity contribution in [2.75, 3.05) is 4.72 Å². The summed E-state index contributed by atoms with van der Waals surface area (Å²) in [6, 6.07) is 9.03. The van der Waals surface area contributed by atoms with Gasteiger partial charge < -0.3 is 10.7 Å². The fourth-order valence-corrected chi connectivity index (χ4v) is 3.10. The van der Waals surface area contributed by atoms with Crippen LogP contribution in [0.1, 0.15) is 31.0 Å². The van der Waals surface area contributed by atoms with Crippen LogP contribution in [0.3, 0.4) is 0 Å². The number of nitrogens with two attached hydrogens (primary N) is 1. The Balaban J connectivity index is 2.09. The maximum absolute atomic E-state index is 12.2. The number of nitrogens with one attached hydrogen (secondary N) is 2. The molecule has 0 aliphatic carbocycles. The molecule has 5 nitrogen and oxygen atoms in total. The van der Waals surface area contributed by atoms with Gasteiger partial charge in [0.05, 0.1) is 0 Å². The first-order valence-corrected chi connectivity index (χ1v) is 8.52. The number of hydrogen-bond donors (Lipinski definition) is 3. The second kappa shape index (κ2) is 6.78. The Morgan fingerprint density at radius 3 is 2.52 bits per heavy atom. The third kappa shape index (κ3) is 4.09. The van der Waals surface area contributed by atoms with Gasteiger partial charge in [-0.1, -0.05) is 25.5 Å². The topological polar surface area (TPSA) is 88.0 Å². The number of anilines is 1. The van der Waals surface area contributed by atoms with Gasteiger partial charge in [0, 0.05) is 24.1 Å². The number of H-pyrrole nitrogens is 1. The van der Waals surface area contributed by atoms with Gasteiger partial charge in [-0.2, -0.15) is 0 Å². The average Bonchev–Trinajstić information content (AvgIpc) is 2.96. The average molecular weight is 307 g/mol. The van der Waals surface area contributed by atoms with Crippen molar-refractivity contribution in [1.82, 2.24) is 4.98 Å². The highest BCUT2D eigenvalue weighted by Crippen LogP contribution is 2.18. The SMILES string of the molecule is CCCCc1ccc(NS(=O)(=O)c2c[nH]c(CN)c2)cc1. The number of aryl methyl sites for hydroxylation is 1. The zero-order valence-electron chi connectivity index (χ0n) is 12.1. The molecule has 1 aromatic carbocycles. The molecule has 114 valence electrons. The molecule has 2 aromatic rings. The highest BCUT2D eigenvalue weighted by molar-refractivity contribution is 7.92. The van der Waals surface area contributed by atoms with Crippen molar-refractivity contribution in [3.8, 4) is 0 Å². The minimum Gasteiger partial charge on any atom is -0.363 e. The molecule has 2 rings (SSSR count). The smallest absolute Gasteiger partial charge is 0.263 e. The maximum Gasteiger partial charge on any atom is 0.263 e. The molecule has 0 fully saturated rings. The molecule has 0 aliphatic rings. The summed E-state index contributed by atoms with van der Waals surface area (Å²) >= 11 is 0. The van der Waals surface area contributed by atoms with Crippen LogP contribution < -0.4 is 10.5 Å². The van der Waals surface area contributed by atoms with E-state index in [9.17, 15) is 8.42 Å². The van der Waals surface area contributed by atoms with E-state index >= 15 is 0 Å². The zero-order valence-corrected chi connectivity index (χ0v) is 12.9. The van der Waals surface area contributed by atoms with E-state index in [-0.39, 0.29) is 11.4 Å². The van der Waals surface area contributed by atoms with Gasteiger partial charge in [0.15, 0.2) is 0 Å². The predicted molar refractivity (Wildman–Crippen MR) is 84.5 cm³/mol. The molecule has 1 heterocycles. The van der Waals surface area contributed by atoms with Gasteiger partial charge in [0.25, 0.3) is 10.0 Å². The fraction of sp³-hybridized carbons (Fsp3) is 0.333. The lowest BCUT2D eigenvalue weighted by molar-refractivity contribution is 0.601. The Morgan fingerprint density at radius 2 is 1.95 bits per heavy atom. The van der Waals surface area contributed by atoms with Crippen LogP contribution in [0.4, 0.5) is 5.69 Å². The Kier molecular flexibility index (Phi) is 5.03. The fourth-order valence-electron chi connectivity index (χ4n) is 2.03. The van der Waals surface area contributed by atoms with E-state index in [1.54, 1.807) is 12.1 Å². The van der Waals surface area contributed by atoms with Gasteiger partial charge in [-0.25, -0.2) is 8.42 Å². The first-order chi connectivity index (χ1) is 10.0. The molecule has 0 saturated heterocycles. The molecular formula is C15H21N3O2S. The molecule has 21 heavy (non-hydrogen) atoms. The van der Waals surface area contributed by atoms with Crippen LogP contribution in [-0.2, 0) is 23.0 Å². The summed E-state index contributed by atoms with van der Waals surface area (Å²) < 4.78 is 27.0. The van der Waals surface area contributed by atoms with Crippen molar-refractivity contribution in [3.63, 3.8) is 0 Å². The largest absolute Gasteiger partial charge is 0.363 e. The van der Waals surface area contributed by atoms with Crippen LogP contribution in [0.5, 0.6) is 0 Å². The molecule has 0 radical (unpaired) electrons. The van der Waals surface area contributed by atoms with Crippen LogP contribution in [0.2, 0.25) is 0 Å². The molecule has 1 aromatic heterocycles. The van der Waals surface area contributed by atoms with Gasteiger partial charge in [-0.05, 0) is 36.6 Å². The van der Waals surface area contributed by atoms with Crippen LogP contribution in [0.15, 0.2) is 41.4 Å². The summed E-state index contributed by atoms with van der Waals surface area (Å²) in [5.74, 6) is 0. The lowest BCUT2D eigenvalue weighted by Gasteiger charge is -2.07. The zero-order chi connectivity index (χ0) is 15.3. The van der Waals surface area contributed by atoms with Crippen LogP contribution in [0, 0.1) is 0 Å². The third-order valence-corrected chi connectivity index (χ3v) is 4.63. The lowest BCUT2D eigenvalue weighted by Crippen LogP contribution is -2.12. The molecule has 0 amide bonds. The highest BCUT2D eigenvalue weighted by atomic mass is 32.2. The second-order valence-corrected chi connectivity index (χ2v) is 6.65. The van der Waals surface area contributed by atoms with E-state index in [0.717, 1.165) is 19.3 Å². The summed E-state index contributed by atoms with van der Waals surface area (Å²) in [6.07, 6.45) is 4.74. The van der Waals surface area contributed by atoms with E-state index in [1.165, 1.54) is 17.8 Å². The van der Waals surface area contributed by atoms with Crippen LogP contribution in [0.25, 0.3) is 0 Å². The quantitative estimate of drug-likeness (QED) is 0.734. The third-order valence-electron chi connectivity index (χ3n) is 3.27. The van der Waals surface area contributed by atoms with Gasteiger partial charge in [0.1, 0.15) is 4.90 Å². The standard InChI is InChI=1S/C15H21N3O2S/c1-2-3-4-12-5-7-13(8-6-12)18-21(19,20)15-9-14(10-16)17-11-15/h5-9,11,17-18H,2-4,10,16H2,1H3. The number of aromatic amines is 1. The van der Waals surface area contributed by atoms with E-state index in [1.807, 2.05) is 12.1 Å². The summed E-state index contributed by atoms with van der Waals surface area (Å²) in [5, 5.41) is 0. The normalized spacial score (nSPS) is 11.5. The monoisotopic (exact) mass is 307 g/mol.